The summed E-state index contributed by atoms with van der Waals surface area (Å²) in [6.45, 7) is 8.34. The number of fused-ring (bicyclic) bond motifs is 1. The first-order valence-electron chi connectivity index (χ1n) is 10.5. The number of carbonyl (C=O) groups is 1. The molecule has 2 atom stereocenters. The third kappa shape index (κ3) is 4.33. The molecule has 0 unspecified atom stereocenters. The molecule has 1 aromatic carbocycles. The lowest BCUT2D eigenvalue weighted by Crippen LogP contribution is -2.47. The molecule has 30 heavy (non-hydrogen) atoms. The molecule has 3 heterocycles. The molecule has 2 aliphatic heterocycles. The lowest BCUT2D eigenvalue weighted by molar-refractivity contribution is -0.126. The molecule has 1 saturated heterocycles. The Morgan fingerprint density at radius 2 is 1.90 bits per heavy atom. The van der Waals surface area contributed by atoms with Crippen LogP contribution in [0.5, 0.6) is 11.5 Å². The number of nitrogens with zero attached hydrogens (tertiary/aromatic N) is 4. The van der Waals surface area contributed by atoms with Crippen LogP contribution in [-0.4, -0.2) is 66.7 Å². The van der Waals surface area contributed by atoms with E-state index in [1.807, 2.05) is 0 Å². The van der Waals surface area contributed by atoms with Gasteiger partial charge in [-0.2, -0.15) is 0 Å². The Bertz CT molecular complexity index is 881. The van der Waals surface area contributed by atoms with Crippen molar-refractivity contribution >= 4 is 11.9 Å². The highest BCUT2D eigenvalue weighted by Crippen LogP contribution is 2.31. The van der Waals surface area contributed by atoms with Crippen LogP contribution < -0.4 is 19.7 Å². The van der Waals surface area contributed by atoms with Gasteiger partial charge in [-0.25, -0.2) is 9.97 Å². The molecule has 4 rings (SSSR count). The first kappa shape index (κ1) is 20.4. The maximum atomic E-state index is 11.6. The van der Waals surface area contributed by atoms with Gasteiger partial charge in [0.05, 0.1) is 19.0 Å². The van der Waals surface area contributed by atoms with E-state index in [-0.39, 0.29) is 5.91 Å². The molecule has 2 aliphatic rings. The van der Waals surface area contributed by atoms with Crippen molar-refractivity contribution in [2.24, 2.45) is 0 Å². The average Bonchev–Trinajstić information content (AvgIpc) is 3.26. The molecule has 0 bridgehead atoms. The Morgan fingerprint density at radius 1 is 1.17 bits per heavy atom. The SMILES string of the molecule is CNC(=O)[C@@H](C)Oc1cnc(N2CCN([C@@H](C)c3ccc4c(c3)OCC4)CC2)nc1. The number of piperazine rings is 1. The number of nitrogens with one attached hydrogen (secondary N) is 1. The van der Waals surface area contributed by atoms with Crippen LogP contribution in [0.2, 0.25) is 0 Å². The normalized spacial score (nSPS) is 18.3. The molecule has 1 N–H and O–H groups in total. The van der Waals surface area contributed by atoms with Crippen LogP contribution in [0.15, 0.2) is 30.6 Å². The standard InChI is InChI=1S/C22H29N5O3/c1-15(18-5-4-17-6-11-29-20(17)12-18)26-7-9-27(10-8-26)22-24-13-19(14-25-22)30-16(2)21(28)23-3/h4-5,12-16H,6-11H2,1-3H3,(H,23,28)/t15-,16+/m0/s1. The molecule has 1 amide bonds. The van der Waals surface area contributed by atoms with E-state index in [4.69, 9.17) is 9.47 Å². The largest absolute Gasteiger partial charge is 0.493 e. The number of anilines is 1. The maximum Gasteiger partial charge on any atom is 0.260 e. The van der Waals surface area contributed by atoms with E-state index in [0.717, 1.165) is 45.0 Å². The second-order valence-electron chi connectivity index (χ2n) is 7.76. The third-order valence-electron chi connectivity index (χ3n) is 5.89. The van der Waals surface area contributed by atoms with E-state index >= 15 is 0 Å². The number of likely N-dealkylation sites (N-methyl/N-ethyl adjacent to an activating group) is 1. The number of benzene rings is 1. The minimum Gasteiger partial charge on any atom is -0.493 e. The van der Waals surface area contributed by atoms with Crippen LogP contribution in [0.25, 0.3) is 0 Å². The fourth-order valence-corrected chi connectivity index (χ4v) is 3.96. The molecule has 8 nitrogen and oxygen atoms in total. The lowest BCUT2D eigenvalue weighted by Gasteiger charge is -2.38. The fourth-order valence-electron chi connectivity index (χ4n) is 3.96. The van der Waals surface area contributed by atoms with Gasteiger partial charge in [-0.05, 0) is 31.0 Å². The zero-order chi connectivity index (χ0) is 21.1. The Hall–Kier alpha value is -2.87. The quantitative estimate of drug-likeness (QED) is 0.777. The van der Waals surface area contributed by atoms with Crippen LogP contribution in [0.4, 0.5) is 5.95 Å². The molecule has 0 radical (unpaired) electrons. The number of aromatic nitrogens is 2. The molecular weight excluding hydrogens is 382 g/mol. The number of rotatable bonds is 6. The number of carbonyl (C=O) groups excluding carboxylic acids is 1. The van der Waals surface area contributed by atoms with Gasteiger partial charge >= 0.3 is 0 Å². The van der Waals surface area contributed by atoms with E-state index in [1.54, 1.807) is 26.4 Å². The predicted molar refractivity (Wildman–Crippen MR) is 114 cm³/mol. The molecule has 0 saturated carbocycles. The monoisotopic (exact) mass is 411 g/mol. The third-order valence-corrected chi connectivity index (χ3v) is 5.89. The zero-order valence-corrected chi connectivity index (χ0v) is 17.8. The minimum atomic E-state index is -0.584. The molecular formula is C22H29N5O3. The van der Waals surface area contributed by atoms with E-state index in [0.29, 0.717) is 17.7 Å². The van der Waals surface area contributed by atoms with Crippen molar-refractivity contribution in [1.82, 2.24) is 20.2 Å². The fraction of sp³-hybridized carbons (Fsp3) is 0.500. The van der Waals surface area contributed by atoms with Crippen LogP contribution in [0.1, 0.15) is 31.0 Å². The van der Waals surface area contributed by atoms with E-state index < -0.39 is 6.10 Å². The highest BCUT2D eigenvalue weighted by Gasteiger charge is 2.25. The summed E-state index contributed by atoms with van der Waals surface area (Å²) in [6.07, 6.45) is 3.68. The number of hydrogen-bond donors (Lipinski definition) is 1. The minimum absolute atomic E-state index is 0.181. The summed E-state index contributed by atoms with van der Waals surface area (Å²) in [4.78, 5) is 25.1. The van der Waals surface area contributed by atoms with Crippen LogP contribution >= 0.6 is 0 Å². The van der Waals surface area contributed by atoms with Gasteiger partial charge in [0.2, 0.25) is 5.95 Å². The Morgan fingerprint density at radius 3 is 2.60 bits per heavy atom. The molecule has 1 aromatic heterocycles. The van der Waals surface area contributed by atoms with Gasteiger partial charge < -0.3 is 19.7 Å². The van der Waals surface area contributed by atoms with Gasteiger partial charge in [0, 0.05) is 45.7 Å². The highest BCUT2D eigenvalue weighted by atomic mass is 16.5. The first-order valence-corrected chi connectivity index (χ1v) is 10.5. The topological polar surface area (TPSA) is 79.8 Å². The molecule has 0 aliphatic carbocycles. The second kappa shape index (κ2) is 8.87. The summed E-state index contributed by atoms with van der Waals surface area (Å²) in [6, 6.07) is 6.96. The summed E-state index contributed by atoms with van der Waals surface area (Å²) in [5, 5.41) is 2.56. The summed E-state index contributed by atoms with van der Waals surface area (Å²) >= 11 is 0. The molecule has 2 aromatic rings. The Labute approximate surface area is 177 Å². The van der Waals surface area contributed by atoms with Gasteiger partial charge in [0.15, 0.2) is 11.9 Å². The summed E-state index contributed by atoms with van der Waals surface area (Å²) in [7, 11) is 1.58. The number of hydrogen-bond acceptors (Lipinski definition) is 7. The van der Waals surface area contributed by atoms with Gasteiger partial charge in [0.1, 0.15) is 5.75 Å². The number of ether oxygens (including phenoxy) is 2. The van der Waals surface area contributed by atoms with Crippen molar-refractivity contribution in [1.29, 1.82) is 0 Å². The van der Waals surface area contributed by atoms with Crippen molar-refractivity contribution in [3.8, 4) is 11.5 Å². The van der Waals surface area contributed by atoms with Gasteiger partial charge in [-0.3, -0.25) is 9.69 Å². The summed E-state index contributed by atoms with van der Waals surface area (Å²) in [5.74, 6) is 2.03. The molecule has 160 valence electrons. The van der Waals surface area contributed by atoms with Crippen LogP contribution in [-0.2, 0) is 11.2 Å². The lowest BCUT2D eigenvalue weighted by atomic mass is 10.0. The number of amides is 1. The van der Waals surface area contributed by atoms with E-state index in [2.05, 4.69) is 50.2 Å². The van der Waals surface area contributed by atoms with Crippen molar-refractivity contribution in [3.63, 3.8) is 0 Å². The van der Waals surface area contributed by atoms with Crippen LogP contribution in [0.3, 0.4) is 0 Å². The van der Waals surface area contributed by atoms with Crippen molar-refractivity contribution in [2.45, 2.75) is 32.4 Å². The Kier molecular flexibility index (Phi) is 6.03. The summed E-state index contributed by atoms with van der Waals surface area (Å²) < 4.78 is 11.3. The molecule has 1 fully saturated rings. The van der Waals surface area contributed by atoms with Crippen molar-refractivity contribution < 1.29 is 14.3 Å². The zero-order valence-electron chi connectivity index (χ0n) is 17.8. The smallest absolute Gasteiger partial charge is 0.260 e. The predicted octanol–water partition coefficient (Wildman–Crippen LogP) is 1.81. The van der Waals surface area contributed by atoms with Gasteiger partial charge in [-0.15, -0.1) is 0 Å². The van der Waals surface area contributed by atoms with E-state index in [1.165, 1.54) is 11.1 Å². The highest BCUT2D eigenvalue weighted by molar-refractivity contribution is 5.80. The summed E-state index contributed by atoms with van der Waals surface area (Å²) in [5.41, 5.74) is 2.61. The molecule has 8 heteroatoms. The van der Waals surface area contributed by atoms with Gasteiger partial charge in [-0.1, -0.05) is 12.1 Å². The first-order chi connectivity index (χ1) is 14.5. The molecule has 0 spiro atoms. The van der Waals surface area contributed by atoms with Gasteiger partial charge in [0.25, 0.3) is 5.91 Å². The van der Waals surface area contributed by atoms with Crippen molar-refractivity contribution in [3.05, 3.63) is 41.7 Å². The van der Waals surface area contributed by atoms with Crippen LogP contribution in [0, 0.1) is 0 Å². The average molecular weight is 412 g/mol. The Balaban J connectivity index is 1.32. The van der Waals surface area contributed by atoms with Crippen molar-refractivity contribution in [2.75, 3.05) is 44.7 Å². The maximum absolute atomic E-state index is 11.6. The second-order valence-corrected chi connectivity index (χ2v) is 7.76. The van der Waals surface area contributed by atoms with E-state index in [9.17, 15) is 4.79 Å².